The van der Waals surface area contributed by atoms with Crippen molar-refractivity contribution in [1.29, 1.82) is 0 Å². The monoisotopic (exact) mass is 281 g/mol. The molecule has 1 aromatic heterocycles. The molecule has 1 aliphatic rings. The molecule has 0 saturated carbocycles. The van der Waals surface area contributed by atoms with Crippen LogP contribution in [0.25, 0.3) is 0 Å². The zero-order valence-corrected chi connectivity index (χ0v) is 10.8. The third-order valence-electron chi connectivity index (χ3n) is 2.28. The molecule has 20 heavy (non-hydrogen) atoms. The van der Waals surface area contributed by atoms with Gasteiger partial charge in [-0.05, 0) is 6.92 Å². The maximum absolute atomic E-state index is 10.5. The van der Waals surface area contributed by atoms with E-state index in [4.69, 9.17) is 17.3 Å². The molecule has 0 aromatic carbocycles. The van der Waals surface area contributed by atoms with E-state index >= 15 is 0 Å². The standard InChI is InChI=1S/C6H10N4.C4H5N3O3/c1-4-9-3-5(2-7)6(8)10-4;5-7-3(9)1-2(8)6-4(7)10/h3H,2,7H2,1H3,(H2,8,9,10);1,5H2,(H,6,8,10). The Bertz CT molecular complexity index is 526. The second-order valence-corrected chi connectivity index (χ2v) is 3.83. The number of amides is 4. The Kier molecular flexibility index (Phi) is 5.06. The smallest absolute Gasteiger partial charge is 0.345 e. The minimum absolute atomic E-state index is 0.359. The summed E-state index contributed by atoms with van der Waals surface area (Å²) in [6.45, 7) is 2.18. The summed E-state index contributed by atoms with van der Waals surface area (Å²) in [5.74, 6) is 4.76. The third-order valence-corrected chi connectivity index (χ3v) is 2.28. The van der Waals surface area contributed by atoms with Crippen LogP contribution in [0.1, 0.15) is 17.8 Å². The minimum atomic E-state index is -0.874. The van der Waals surface area contributed by atoms with E-state index in [0.717, 1.165) is 5.56 Å². The van der Waals surface area contributed by atoms with Crippen LogP contribution in [0.2, 0.25) is 0 Å². The number of carbonyl (C=O) groups excluding carboxylic acids is 3. The summed E-state index contributed by atoms with van der Waals surface area (Å²) < 4.78 is 0. The normalized spacial score (nSPS) is 14.6. The highest BCUT2D eigenvalue weighted by Gasteiger charge is 2.27. The van der Waals surface area contributed by atoms with Crippen molar-refractivity contribution >= 4 is 23.7 Å². The number of nitrogens with zero attached hydrogens (tertiary/aromatic N) is 3. The molecule has 4 amide bonds. The fraction of sp³-hybridized carbons (Fsp3) is 0.300. The lowest BCUT2D eigenvalue weighted by atomic mass is 10.3. The molecular formula is C10H15N7O3. The van der Waals surface area contributed by atoms with Crippen LogP contribution in [0, 0.1) is 6.92 Å². The quantitative estimate of drug-likeness (QED) is 0.264. The molecule has 10 heteroatoms. The first-order chi connectivity index (χ1) is 9.35. The number of urea groups is 1. The maximum Gasteiger partial charge on any atom is 0.345 e. The zero-order chi connectivity index (χ0) is 15.3. The Labute approximate surface area is 114 Å². The van der Waals surface area contributed by atoms with Gasteiger partial charge in [-0.2, -0.15) is 5.01 Å². The Morgan fingerprint density at radius 1 is 1.40 bits per heavy atom. The van der Waals surface area contributed by atoms with Crippen molar-refractivity contribution in [2.75, 3.05) is 5.73 Å². The zero-order valence-electron chi connectivity index (χ0n) is 10.8. The van der Waals surface area contributed by atoms with E-state index in [1.165, 1.54) is 0 Å². The summed E-state index contributed by atoms with van der Waals surface area (Å²) >= 11 is 0. The van der Waals surface area contributed by atoms with Gasteiger partial charge in [-0.25, -0.2) is 20.6 Å². The molecule has 0 spiro atoms. The van der Waals surface area contributed by atoms with Crippen LogP contribution in [0.3, 0.4) is 0 Å². The number of aromatic nitrogens is 2. The van der Waals surface area contributed by atoms with Gasteiger partial charge >= 0.3 is 6.03 Å². The van der Waals surface area contributed by atoms with Gasteiger partial charge in [0.25, 0.3) is 5.91 Å². The second-order valence-electron chi connectivity index (χ2n) is 3.83. The lowest BCUT2D eigenvalue weighted by Gasteiger charge is -2.18. The number of nitrogens with one attached hydrogen (secondary N) is 1. The molecule has 1 aliphatic heterocycles. The topological polar surface area (TPSA) is 170 Å². The molecule has 7 N–H and O–H groups in total. The SMILES string of the molecule is Cc1ncc(CN)c(N)n1.NN1C(=O)CC(=O)NC1=O. The largest absolute Gasteiger partial charge is 0.383 e. The second kappa shape index (κ2) is 6.54. The lowest BCUT2D eigenvalue weighted by Crippen LogP contribution is -2.55. The molecule has 1 saturated heterocycles. The summed E-state index contributed by atoms with van der Waals surface area (Å²) in [5.41, 5.74) is 11.6. The maximum atomic E-state index is 10.5. The van der Waals surface area contributed by atoms with Crippen molar-refractivity contribution in [2.45, 2.75) is 19.9 Å². The fourth-order valence-electron chi connectivity index (χ4n) is 1.23. The summed E-state index contributed by atoms with van der Waals surface area (Å²) in [4.78, 5) is 39.3. The highest BCUT2D eigenvalue weighted by molar-refractivity contribution is 6.13. The number of barbiturate groups is 1. The number of anilines is 1. The fourth-order valence-corrected chi connectivity index (χ4v) is 1.23. The third kappa shape index (κ3) is 3.96. The average molecular weight is 281 g/mol. The molecule has 0 atom stereocenters. The molecule has 0 bridgehead atoms. The summed E-state index contributed by atoms with van der Waals surface area (Å²) in [6.07, 6.45) is 1.29. The van der Waals surface area contributed by atoms with E-state index in [2.05, 4.69) is 9.97 Å². The Balaban J connectivity index is 0.000000200. The Morgan fingerprint density at radius 3 is 2.55 bits per heavy atom. The molecule has 10 nitrogen and oxygen atoms in total. The first-order valence-electron chi connectivity index (χ1n) is 5.54. The number of hydrazine groups is 1. The van der Waals surface area contributed by atoms with E-state index in [9.17, 15) is 14.4 Å². The van der Waals surface area contributed by atoms with Crippen LogP contribution in [-0.2, 0) is 16.1 Å². The van der Waals surface area contributed by atoms with E-state index in [0.29, 0.717) is 23.2 Å². The van der Waals surface area contributed by atoms with Crippen molar-refractivity contribution in [1.82, 2.24) is 20.3 Å². The summed E-state index contributed by atoms with van der Waals surface area (Å²) in [7, 11) is 0. The highest BCUT2D eigenvalue weighted by atomic mass is 16.2. The lowest BCUT2D eigenvalue weighted by molar-refractivity contribution is -0.136. The van der Waals surface area contributed by atoms with E-state index in [1.54, 1.807) is 13.1 Å². The number of carbonyl (C=O) groups is 3. The number of hydrogen-bond donors (Lipinski definition) is 4. The van der Waals surface area contributed by atoms with Crippen molar-refractivity contribution in [3.8, 4) is 0 Å². The molecule has 0 radical (unpaired) electrons. The minimum Gasteiger partial charge on any atom is -0.383 e. The Morgan fingerprint density at radius 2 is 2.05 bits per heavy atom. The predicted octanol–water partition coefficient (Wildman–Crippen LogP) is -1.85. The van der Waals surface area contributed by atoms with Crippen LogP contribution < -0.4 is 22.6 Å². The summed E-state index contributed by atoms with van der Waals surface area (Å²) in [5, 5.41) is 2.24. The number of nitrogens with two attached hydrogens (primary N) is 3. The van der Waals surface area contributed by atoms with Crippen molar-refractivity contribution < 1.29 is 14.4 Å². The van der Waals surface area contributed by atoms with Gasteiger partial charge in [0.05, 0.1) is 0 Å². The van der Waals surface area contributed by atoms with Crippen LogP contribution in [-0.4, -0.2) is 32.8 Å². The van der Waals surface area contributed by atoms with Gasteiger partial charge in [-0.1, -0.05) is 0 Å². The number of imide groups is 2. The van der Waals surface area contributed by atoms with Crippen LogP contribution in [0.5, 0.6) is 0 Å². The molecular weight excluding hydrogens is 266 g/mol. The molecule has 0 aliphatic carbocycles. The molecule has 0 unspecified atom stereocenters. The molecule has 108 valence electrons. The number of hydrogen-bond acceptors (Lipinski definition) is 8. The number of aryl methyl sites for hydroxylation is 1. The van der Waals surface area contributed by atoms with Crippen LogP contribution in [0.15, 0.2) is 6.20 Å². The first-order valence-corrected chi connectivity index (χ1v) is 5.54. The number of nitrogen functional groups attached to an aromatic ring is 1. The molecule has 1 aromatic rings. The predicted molar refractivity (Wildman–Crippen MR) is 68.3 cm³/mol. The molecule has 2 rings (SSSR count). The molecule has 1 fully saturated rings. The molecule has 2 heterocycles. The van der Waals surface area contributed by atoms with Crippen molar-refractivity contribution in [3.63, 3.8) is 0 Å². The van der Waals surface area contributed by atoms with Crippen molar-refractivity contribution in [3.05, 3.63) is 17.6 Å². The van der Waals surface area contributed by atoms with Gasteiger partial charge in [0.2, 0.25) is 5.91 Å². The van der Waals surface area contributed by atoms with Gasteiger partial charge in [0.1, 0.15) is 18.1 Å². The van der Waals surface area contributed by atoms with E-state index < -0.39 is 17.8 Å². The number of rotatable bonds is 1. The van der Waals surface area contributed by atoms with E-state index in [-0.39, 0.29) is 6.42 Å². The van der Waals surface area contributed by atoms with Gasteiger partial charge in [-0.15, -0.1) is 0 Å². The van der Waals surface area contributed by atoms with Crippen LogP contribution in [0.4, 0.5) is 10.6 Å². The van der Waals surface area contributed by atoms with E-state index in [1.807, 2.05) is 5.32 Å². The van der Waals surface area contributed by atoms with Gasteiger partial charge in [-0.3, -0.25) is 14.9 Å². The van der Waals surface area contributed by atoms with Crippen LogP contribution >= 0.6 is 0 Å². The van der Waals surface area contributed by atoms with Gasteiger partial charge < -0.3 is 11.5 Å². The average Bonchev–Trinajstić information content (AvgIpc) is 2.36. The van der Waals surface area contributed by atoms with Gasteiger partial charge in [0.15, 0.2) is 0 Å². The van der Waals surface area contributed by atoms with Crippen molar-refractivity contribution in [2.24, 2.45) is 11.6 Å². The van der Waals surface area contributed by atoms with Gasteiger partial charge in [0, 0.05) is 18.3 Å². The summed E-state index contributed by atoms with van der Waals surface area (Å²) in [6, 6.07) is -0.874. The Hall–Kier alpha value is -2.59. The highest BCUT2D eigenvalue weighted by Crippen LogP contribution is 2.04. The first kappa shape index (κ1) is 15.5.